The van der Waals surface area contributed by atoms with Gasteiger partial charge in [-0.3, -0.25) is 9.69 Å². The molecule has 24 heavy (non-hydrogen) atoms. The number of hydrogen-bond donors (Lipinski definition) is 3. The predicted molar refractivity (Wildman–Crippen MR) is 92.4 cm³/mol. The van der Waals surface area contributed by atoms with Crippen LogP contribution in [0.4, 0.5) is 4.79 Å². The monoisotopic (exact) mass is 330 g/mol. The Kier molecular flexibility index (Phi) is 5.69. The summed E-state index contributed by atoms with van der Waals surface area (Å²) in [6.07, 6.45) is 4.65. The minimum Gasteiger partial charge on any atom is -0.350 e. The second kappa shape index (κ2) is 8.15. The van der Waals surface area contributed by atoms with Crippen molar-refractivity contribution < 1.29 is 9.59 Å². The minimum absolute atomic E-state index is 0.000230. The van der Waals surface area contributed by atoms with Gasteiger partial charge in [-0.05, 0) is 31.4 Å². The Morgan fingerprint density at radius 2 is 1.88 bits per heavy atom. The van der Waals surface area contributed by atoms with Crippen molar-refractivity contribution in [1.29, 1.82) is 0 Å². The van der Waals surface area contributed by atoms with Gasteiger partial charge in [-0.1, -0.05) is 36.8 Å². The van der Waals surface area contributed by atoms with Crippen molar-refractivity contribution in [1.82, 2.24) is 20.9 Å². The molecule has 6 heteroatoms. The number of rotatable bonds is 5. The highest BCUT2D eigenvalue weighted by Crippen LogP contribution is 2.26. The normalized spacial score (nSPS) is 23.3. The van der Waals surface area contributed by atoms with Crippen LogP contribution in [0.3, 0.4) is 0 Å². The third-order valence-electron chi connectivity index (χ3n) is 4.91. The molecular formula is C18H26N4O2. The molecule has 0 saturated carbocycles. The van der Waals surface area contributed by atoms with E-state index in [1.165, 1.54) is 12.8 Å². The number of fused-ring (bicyclic) bond motifs is 1. The number of benzene rings is 1. The van der Waals surface area contributed by atoms with Gasteiger partial charge in [0.25, 0.3) is 0 Å². The highest BCUT2D eigenvalue weighted by molar-refractivity contribution is 5.84. The Morgan fingerprint density at radius 1 is 1.04 bits per heavy atom. The quantitative estimate of drug-likeness (QED) is 0.760. The molecular weight excluding hydrogens is 304 g/mol. The molecule has 0 radical (unpaired) electrons. The fourth-order valence-electron chi connectivity index (χ4n) is 3.65. The lowest BCUT2D eigenvalue weighted by Crippen LogP contribution is -2.51. The predicted octanol–water partition coefficient (Wildman–Crippen LogP) is 1.23. The van der Waals surface area contributed by atoms with Crippen LogP contribution in [0.5, 0.6) is 0 Å². The molecule has 3 N–H and O–H groups in total. The number of nitrogens with one attached hydrogen (secondary N) is 3. The second-order valence-corrected chi connectivity index (χ2v) is 6.58. The van der Waals surface area contributed by atoms with Gasteiger partial charge in [0.05, 0.1) is 6.54 Å². The van der Waals surface area contributed by atoms with Crippen molar-refractivity contribution in [3.63, 3.8) is 0 Å². The van der Waals surface area contributed by atoms with Crippen LogP contribution in [0.25, 0.3) is 0 Å². The van der Waals surface area contributed by atoms with Gasteiger partial charge in [-0.25, -0.2) is 4.79 Å². The molecule has 3 rings (SSSR count). The number of amides is 3. The number of hydrogen-bond acceptors (Lipinski definition) is 3. The lowest BCUT2D eigenvalue weighted by molar-refractivity contribution is -0.120. The minimum atomic E-state index is -0.248. The van der Waals surface area contributed by atoms with Crippen molar-refractivity contribution in [2.24, 2.45) is 0 Å². The van der Waals surface area contributed by atoms with Crippen LogP contribution >= 0.6 is 0 Å². The average Bonchev–Trinajstić information content (AvgIpc) is 3.02. The zero-order valence-electron chi connectivity index (χ0n) is 14.0. The number of nitrogens with zero attached hydrogens (tertiary/aromatic N) is 1. The SMILES string of the molecule is O=C(CNC(=O)NC1CCN2CCCCC12)NCc1ccccc1. The topological polar surface area (TPSA) is 73.5 Å². The molecule has 2 fully saturated rings. The number of carbonyl (C=O) groups excluding carboxylic acids is 2. The number of carbonyl (C=O) groups is 2. The maximum Gasteiger partial charge on any atom is 0.315 e. The van der Waals surface area contributed by atoms with Crippen LogP contribution in [0, 0.1) is 0 Å². The largest absolute Gasteiger partial charge is 0.350 e. The molecule has 2 aliphatic rings. The van der Waals surface area contributed by atoms with Crippen LogP contribution in [-0.2, 0) is 11.3 Å². The average molecular weight is 330 g/mol. The summed E-state index contributed by atoms with van der Waals surface area (Å²) in [5.74, 6) is -0.181. The van der Waals surface area contributed by atoms with Gasteiger partial charge in [0, 0.05) is 25.2 Å². The molecule has 0 aliphatic carbocycles. The van der Waals surface area contributed by atoms with Crippen molar-refractivity contribution in [3.05, 3.63) is 35.9 Å². The van der Waals surface area contributed by atoms with Crippen LogP contribution < -0.4 is 16.0 Å². The fourth-order valence-corrected chi connectivity index (χ4v) is 3.65. The van der Waals surface area contributed by atoms with E-state index in [2.05, 4.69) is 20.9 Å². The first-order chi connectivity index (χ1) is 11.7. The Hall–Kier alpha value is -2.08. The molecule has 130 valence electrons. The summed E-state index contributed by atoms with van der Waals surface area (Å²) in [5.41, 5.74) is 1.04. The molecule has 1 aromatic carbocycles. The maximum absolute atomic E-state index is 12.0. The Labute approximate surface area is 143 Å². The summed E-state index contributed by atoms with van der Waals surface area (Å²) in [7, 11) is 0. The highest BCUT2D eigenvalue weighted by Gasteiger charge is 2.36. The molecule has 2 aliphatic heterocycles. The Balaban J connectivity index is 1.35. The summed E-state index contributed by atoms with van der Waals surface area (Å²) < 4.78 is 0. The first-order valence-electron chi connectivity index (χ1n) is 8.81. The third-order valence-corrected chi connectivity index (χ3v) is 4.91. The van der Waals surface area contributed by atoms with E-state index in [4.69, 9.17) is 0 Å². The van der Waals surface area contributed by atoms with E-state index in [0.717, 1.165) is 31.5 Å². The number of urea groups is 1. The van der Waals surface area contributed by atoms with Gasteiger partial charge in [-0.15, -0.1) is 0 Å². The molecule has 3 amide bonds. The molecule has 0 bridgehead atoms. The molecule has 2 unspecified atom stereocenters. The standard InChI is InChI=1S/C18H26N4O2/c23-17(19-12-14-6-2-1-3-7-14)13-20-18(24)21-15-9-11-22-10-5-4-8-16(15)22/h1-3,6-7,15-16H,4-5,8-13H2,(H,19,23)(H2,20,21,24). The van der Waals surface area contributed by atoms with Gasteiger partial charge in [0.2, 0.25) is 5.91 Å². The van der Waals surface area contributed by atoms with Crippen molar-refractivity contribution in [2.45, 2.75) is 44.3 Å². The highest BCUT2D eigenvalue weighted by atomic mass is 16.2. The zero-order chi connectivity index (χ0) is 16.8. The van der Waals surface area contributed by atoms with E-state index < -0.39 is 0 Å². The fraction of sp³-hybridized carbons (Fsp3) is 0.556. The molecule has 0 aromatic heterocycles. The van der Waals surface area contributed by atoms with E-state index >= 15 is 0 Å². The summed E-state index contributed by atoms with van der Waals surface area (Å²) in [6.45, 7) is 2.68. The van der Waals surface area contributed by atoms with Gasteiger partial charge in [0.15, 0.2) is 0 Å². The summed E-state index contributed by atoms with van der Waals surface area (Å²) in [4.78, 5) is 26.3. The molecule has 2 atom stereocenters. The lowest BCUT2D eigenvalue weighted by atomic mass is 9.99. The van der Waals surface area contributed by atoms with E-state index in [9.17, 15) is 9.59 Å². The molecule has 0 spiro atoms. The van der Waals surface area contributed by atoms with Crippen LogP contribution in [0.2, 0.25) is 0 Å². The summed E-state index contributed by atoms with van der Waals surface area (Å²) in [6, 6.07) is 10.1. The van der Waals surface area contributed by atoms with Crippen molar-refractivity contribution >= 4 is 11.9 Å². The van der Waals surface area contributed by atoms with Crippen molar-refractivity contribution in [2.75, 3.05) is 19.6 Å². The Bertz CT molecular complexity index is 563. The van der Waals surface area contributed by atoms with E-state index in [1.807, 2.05) is 30.3 Å². The Morgan fingerprint density at radius 3 is 2.71 bits per heavy atom. The molecule has 2 saturated heterocycles. The maximum atomic E-state index is 12.0. The third kappa shape index (κ3) is 4.47. The molecule has 2 heterocycles. The first-order valence-corrected chi connectivity index (χ1v) is 8.81. The van der Waals surface area contributed by atoms with Gasteiger partial charge in [0.1, 0.15) is 0 Å². The van der Waals surface area contributed by atoms with Gasteiger partial charge >= 0.3 is 6.03 Å². The van der Waals surface area contributed by atoms with E-state index in [1.54, 1.807) is 0 Å². The molecule has 1 aromatic rings. The zero-order valence-corrected chi connectivity index (χ0v) is 14.0. The van der Waals surface area contributed by atoms with Gasteiger partial charge in [-0.2, -0.15) is 0 Å². The lowest BCUT2D eigenvalue weighted by Gasteiger charge is -2.32. The van der Waals surface area contributed by atoms with Crippen LogP contribution in [0.15, 0.2) is 30.3 Å². The van der Waals surface area contributed by atoms with E-state index in [-0.39, 0.29) is 24.5 Å². The molecule has 6 nitrogen and oxygen atoms in total. The van der Waals surface area contributed by atoms with Gasteiger partial charge < -0.3 is 16.0 Å². The van der Waals surface area contributed by atoms with Crippen LogP contribution in [-0.4, -0.2) is 48.6 Å². The first kappa shape index (κ1) is 16.8. The second-order valence-electron chi connectivity index (χ2n) is 6.58. The summed E-state index contributed by atoms with van der Waals surface area (Å²) in [5, 5.41) is 8.50. The van der Waals surface area contributed by atoms with E-state index in [0.29, 0.717) is 12.6 Å². The number of piperidine rings is 1. The smallest absolute Gasteiger partial charge is 0.315 e. The summed E-state index contributed by atoms with van der Waals surface area (Å²) >= 11 is 0. The van der Waals surface area contributed by atoms with Crippen LogP contribution in [0.1, 0.15) is 31.2 Å². The van der Waals surface area contributed by atoms with Crippen molar-refractivity contribution in [3.8, 4) is 0 Å².